The standard InChI is InChI=1S/C24H34N4O4S/c1-18-9-14-25(15-10-18)23(29)17-28-22-16-19(33(31,32)26-11-4-5-12-26)7-8-20(22)27-13-3-2-6-21(27)24(28)30/h7-8,16,18,21H,2-6,9-15,17H2,1H3/t21-/m0/s1. The molecule has 0 spiro atoms. The van der Waals surface area contributed by atoms with Crippen molar-refractivity contribution in [2.24, 2.45) is 5.92 Å². The molecule has 0 bridgehead atoms. The minimum atomic E-state index is -3.62. The van der Waals surface area contributed by atoms with Gasteiger partial charge in [0.2, 0.25) is 21.8 Å². The summed E-state index contributed by atoms with van der Waals surface area (Å²) in [6.07, 6.45) is 6.44. The summed E-state index contributed by atoms with van der Waals surface area (Å²) in [5, 5.41) is 0. The van der Waals surface area contributed by atoms with Crippen LogP contribution < -0.4 is 9.80 Å². The van der Waals surface area contributed by atoms with Crippen molar-refractivity contribution < 1.29 is 18.0 Å². The van der Waals surface area contributed by atoms with Gasteiger partial charge in [-0.2, -0.15) is 4.31 Å². The summed E-state index contributed by atoms with van der Waals surface area (Å²) < 4.78 is 28.0. The van der Waals surface area contributed by atoms with Gasteiger partial charge in [0.25, 0.3) is 0 Å². The number of nitrogens with zero attached hydrogens (tertiary/aromatic N) is 4. The van der Waals surface area contributed by atoms with Crippen LogP contribution in [0.5, 0.6) is 0 Å². The number of rotatable bonds is 4. The first-order valence-corrected chi connectivity index (χ1v) is 13.8. The lowest BCUT2D eigenvalue weighted by molar-refractivity contribution is -0.133. The van der Waals surface area contributed by atoms with Crippen molar-refractivity contribution >= 4 is 33.2 Å². The average molecular weight is 475 g/mol. The van der Waals surface area contributed by atoms with Gasteiger partial charge in [-0.05, 0) is 69.1 Å². The van der Waals surface area contributed by atoms with Crippen molar-refractivity contribution in [3.8, 4) is 0 Å². The van der Waals surface area contributed by atoms with E-state index in [1.54, 1.807) is 17.0 Å². The van der Waals surface area contributed by atoms with E-state index in [-0.39, 0.29) is 29.3 Å². The summed E-state index contributed by atoms with van der Waals surface area (Å²) in [6, 6.07) is 4.85. The van der Waals surface area contributed by atoms with Crippen molar-refractivity contribution in [2.75, 3.05) is 49.1 Å². The second-order valence-corrected chi connectivity index (χ2v) is 11.9. The molecule has 1 aromatic rings. The highest BCUT2D eigenvalue weighted by Crippen LogP contribution is 2.41. The molecule has 0 saturated carbocycles. The van der Waals surface area contributed by atoms with Gasteiger partial charge in [-0.25, -0.2) is 8.42 Å². The molecule has 0 N–H and O–H groups in total. The number of amides is 2. The monoisotopic (exact) mass is 474 g/mol. The Morgan fingerprint density at radius 3 is 2.36 bits per heavy atom. The Labute approximate surface area is 196 Å². The molecule has 9 heteroatoms. The van der Waals surface area contributed by atoms with Gasteiger partial charge in [0, 0.05) is 32.7 Å². The Balaban J connectivity index is 1.49. The number of likely N-dealkylation sites (tertiary alicyclic amines) is 1. The summed E-state index contributed by atoms with van der Waals surface area (Å²) in [5.41, 5.74) is 1.41. The molecule has 0 aromatic heterocycles. The van der Waals surface area contributed by atoms with Crippen LogP contribution in [0.1, 0.15) is 51.9 Å². The van der Waals surface area contributed by atoms with Gasteiger partial charge in [-0.3, -0.25) is 14.5 Å². The fourth-order valence-corrected chi connectivity index (χ4v) is 7.17. The SMILES string of the molecule is CC1CCN(C(=O)CN2C(=O)[C@@H]3CCCCN3c3ccc(S(=O)(=O)N4CCCC4)cc32)CC1. The largest absolute Gasteiger partial charge is 0.358 e. The molecule has 5 rings (SSSR count). The fourth-order valence-electron chi connectivity index (χ4n) is 5.63. The van der Waals surface area contributed by atoms with Crippen LogP contribution in [0.15, 0.2) is 23.1 Å². The molecule has 2 amide bonds. The first kappa shape index (κ1) is 22.7. The number of hydrogen-bond acceptors (Lipinski definition) is 5. The molecule has 0 aliphatic carbocycles. The topological polar surface area (TPSA) is 81.2 Å². The number of piperidine rings is 2. The van der Waals surface area contributed by atoms with Gasteiger partial charge in [0.05, 0.1) is 16.3 Å². The molecule has 4 heterocycles. The number of anilines is 2. The third kappa shape index (κ3) is 4.14. The van der Waals surface area contributed by atoms with Gasteiger partial charge >= 0.3 is 0 Å². The van der Waals surface area contributed by atoms with Crippen LogP contribution in [-0.4, -0.2) is 74.7 Å². The molecule has 0 radical (unpaired) electrons. The zero-order valence-corrected chi connectivity index (χ0v) is 20.2. The number of carbonyl (C=O) groups is 2. The van der Waals surface area contributed by atoms with Gasteiger partial charge < -0.3 is 9.80 Å². The molecule has 180 valence electrons. The maximum absolute atomic E-state index is 13.6. The van der Waals surface area contributed by atoms with E-state index >= 15 is 0 Å². The van der Waals surface area contributed by atoms with E-state index in [0.717, 1.165) is 57.2 Å². The first-order chi connectivity index (χ1) is 15.9. The Morgan fingerprint density at radius 1 is 0.939 bits per heavy atom. The Morgan fingerprint density at radius 2 is 1.64 bits per heavy atom. The highest BCUT2D eigenvalue weighted by molar-refractivity contribution is 7.89. The van der Waals surface area contributed by atoms with Crippen molar-refractivity contribution in [1.29, 1.82) is 0 Å². The molecule has 1 aromatic carbocycles. The number of hydrogen-bond donors (Lipinski definition) is 0. The maximum Gasteiger partial charge on any atom is 0.250 e. The van der Waals surface area contributed by atoms with Crippen LogP contribution in [0.2, 0.25) is 0 Å². The molecule has 1 atom stereocenters. The highest BCUT2D eigenvalue weighted by atomic mass is 32.2. The minimum absolute atomic E-state index is 0.0300. The molecular formula is C24H34N4O4S. The molecule has 3 fully saturated rings. The van der Waals surface area contributed by atoms with Gasteiger partial charge in [0.1, 0.15) is 12.6 Å². The minimum Gasteiger partial charge on any atom is -0.358 e. The van der Waals surface area contributed by atoms with E-state index in [4.69, 9.17) is 0 Å². The highest BCUT2D eigenvalue weighted by Gasteiger charge is 2.41. The van der Waals surface area contributed by atoms with Crippen LogP contribution in [0.25, 0.3) is 0 Å². The zero-order valence-electron chi connectivity index (χ0n) is 19.4. The molecule has 3 saturated heterocycles. The predicted molar refractivity (Wildman–Crippen MR) is 127 cm³/mol. The molecule has 0 unspecified atom stereocenters. The average Bonchev–Trinajstić information content (AvgIpc) is 3.38. The quantitative estimate of drug-likeness (QED) is 0.670. The zero-order chi connectivity index (χ0) is 23.2. The Hall–Kier alpha value is -2.13. The number of benzene rings is 1. The molecular weight excluding hydrogens is 440 g/mol. The van der Waals surface area contributed by atoms with E-state index in [0.29, 0.717) is 37.8 Å². The normalized spacial score (nSPS) is 24.7. The summed E-state index contributed by atoms with van der Waals surface area (Å²) in [4.78, 5) is 32.5. The van der Waals surface area contributed by atoms with Crippen LogP contribution in [-0.2, 0) is 19.6 Å². The van der Waals surface area contributed by atoms with E-state index in [9.17, 15) is 18.0 Å². The maximum atomic E-state index is 13.6. The van der Waals surface area contributed by atoms with E-state index in [1.165, 1.54) is 4.31 Å². The van der Waals surface area contributed by atoms with Crippen molar-refractivity contribution in [3.05, 3.63) is 18.2 Å². The third-order valence-electron chi connectivity index (χ3n) is 7.73. The fraction of sp³-hybridized carbons (Fsp3) is 0.667. The summed E-state index contributed by atoms with van der Waals surface area (Å²) in [6.45, 7) is 5.43. The molecule has 8 nitrogen and oxygen atoms in total. The van der Waals surface area contributed by atoms with Gasteiger partial charge in [-0.1, -0.05) is 6.92 Å². The second-order valence-electron chi connectivity index (χ2n) is 9.95. The van der Waals surface area contributed by atoms with E-state index in [2.05, 4.69) is 11.8 Å². The Bertz CT molecular complexity index is 1030. The lowest BCUT2D eigenvalue weighted by Crippen LogP contribution is -2.57. The third-order valence-corrected chi connectivity index (χ3v) is 9.63. The summed E-state index contributed by atoms with van der Waals surface area (Å²) in [5.74, 6) is 0.468. The smallest absolute Gasteiger partial charge is 0.250 e. The lowest BCUT2D eigenvalue weighted by Gasteiger charge is -2.45. The lowest BCUT2D eigenvalue weighted by atomic mass is 9.96. The summed E-state index contributed by atoms with van der Waals surface area (Å²) >= 11 is 0. The van der Waals surface area contributed by atoms with Gasteiger partial charge in [0.15, 0.2) is 0 Å². The summed E-state index contributed by atoms with van der Waals surface area (Å²) in [7, 11) is -3.62. The Kier molecular flexibility index (Phi) is 6.11. The van der Waals surface area contributed by atoms with Crippen LogP contribution >= 0.6 is 0 Å². The molecule has 4 aliphatic heterocycles. The predicted octanol–water partition coefficient (Wildman–Crippen LogP) is 2.44. The van der Waals surface area contributed by atoms with E-state index < -0.39 is 10.0 Å². The van der Waals surface area contributed by atoms with Gasteiger partial charge in [-0.15, -0.1) is 0 Å². The van der Waals surface area contributed by atoms with Crippen LogP contribution in [0.3, 0.4) is 0 Å². The van der Waals surface area contributed by atoms with Crippen LogP contribution in [0, 0.1) is 5.92 Å². The van der Waals surface area contributed by atoms with Crippen LogP contribution in [0.4, 0.5) is 11.4 Å². The molecule has 33 heavy (non-hydrogen) atoms. The first-order valence-electron chi connectivity index (χ1n) is 12.4. The van der Waals surface area contributed by atoms with Crippen molar-refractivity contribution in [2.45, 2.75) is 62.8 Å². The van der Waals surface area contributed by atoms with Crippen molar-refractivity contribution in [1.82, 2.24) is 9.21 Å². The number of fused-ring (bicyclic) bond motifs is 3. The van der Waals surface area contributed by atoms with E-state index in [1.807, 2.05) is 11.0 Å². The molecule has 4 aliphatic rings. The van der Waals surface area contributed by atoms with Crippen molar-refractivity contribution in [3.63, 3.8) is 0 Å². The number of sulfonamides is 1. The second kappa shape index (κ2) is 8.91. The number of carbonyl (C=O) groups excluding carboxylic acids is 2.